The molecular formula is C8H9N3O2. The van der Waals surface area contributed by atoms with Crippen LogP contribution in [0, 0.1) is 10.1 Å². The predicted molar refractivity (Wildman–Crippen MR) is 48.3 cm³/mol. The second kappa shape index (κ2) is 2.70. The average molecular weight is 179 g/mol. The van der Waals surface area contributed by atoms with Crippen LogP contribution in [-0.2, 0) is 0 Å². The van der Waals surface area contributed by atoms with E-state index in [4.69, 9.17) is 0 Å². The standard InChI is InChI=1S/C8H9N3O2/c1-5-7-3-2-6(11(12)13)4-8(7)10-9-5/h2-5,9-10H,1H3. The van der Waals surface area contributed by atoms with Gasteiger partial charge in [-0.25, -0.2) is 5.43 Å². The lowest BCUT2D eigenvalue weighted by Gasteiger charge is -2.00. The average Bonchev–Trinajstić information content (AvgIpc) is 2.47. The molecule has 2 rings (SSSR count). The molecule has 5 heteroatoms. The fraction of sp³-hybridized carbons (Fsp3) is 0.250. The van der Waals surface area contributed by atoms with Gasteiger partial charge in [-0.15, -0.1) is 0 Å². The maximum atomic E-state index is 10.4. The van der Waals surface area contributed by atoms with E-state index in [1.807, 2.05) is 6.92 Å². The Balaban J connectivity index is 2.45. The Bertz CT molecular complexity index is 364. The summed E-state index contributed by atoms with van der Waals surface area (Å²) in [5.41, 5.74) is 7.84. The van der Waals surface area contributed by atoms with Crippen molar-refractivity contribution < 1.29 is 4.92 Å². The van der Waals surface area contributed by atoms with Crippen molar-refractivity contribution in [1.29, 1.82) is 0 Å². The van der Waals surface area contributed by atoms with E-state index < -0.39 is 4.92 Å². The molecule has 0 bridgehead atoms. The molecule has 1 aromatic rings. The van der Waals surface area contributed by atoms with E-state index in [0.717, 1.165) is 11.3 Å². The van der Waals surface area contributed by atoms with Crippen molar-refractivity contribution in [3.05, 3.63) is 33.9 Å². The molecule has 1 aromatic carbocycles. The third kappa shape index (κ3) is 1.23. The minimum absolute atomic E-state index is 0.113. The van der Waals surface area contributed by atoms with Crippen molar-refractivity contribution in [2.24, 2.45) is 0 Å². The molecule has 0 saturated carbocycles. The molecule has 1 unspecified atom stereocenters. The summed E-state index contributed by atoms with van der Waals surface area (Å²) in [6.45, 7) is 1.99. The van der Waals surface area contributed by atoms with Crippen molar-refractivity contribution >= 4 is 11.4 Å². The highest BCUT2D eigenvalue weighted by atomic mass is 16.6. The van der Waals surface area contributed by atoms with Gasteiger partial charge in [0.1, 0.15) is 0 Å². The summed E-state index contributed by atoms with van der Waals surface area (Å²) in [6, 6.07) is 5.02. The molecular weight excluding hydrogens is 170 g/mol. The van der Waals surface area contributed by atoms with E-state index in [1.54, 1.807) is 6.07 Å². The van der Waals surface area contributed by atoms with Gasteiger partial charge in [0.25, 0.3) is 5.69 Å². The van der Waals surface area contributed by atoms with Gasteiger partial charge in [-0.1, -0.05) is 0 Å². The molecule has 68 valence electrons. The van der Waals surface area contributed by atoms with E-state index in [9.17, 15) is 10.1 Å². The van der Waals surface area contributed by atoms with Crippen LogP contribution in [0.5, 0.6) is 0 Å². The highest BCUT2D eigenvalue weighted by Crippen LogP contribution is 2.30. The summed E-state index contributed by atoms with van der Waals surface area (Å²) in [7, 11) is 0. The molecule has 1 aliphatic heterocycles. The van der Waals surface area contributed by atoms with Crippen molar-refractivity contribution in [2.45, 2.75) is 13.0 Å². The van der Waals surface area contributed by atoms with Crippen LogP contribution in [0.4, 0.5) is 11.4 Å². The zero-order valence-electron chi connectivity index (χ0n) is 7.07. The van der Waals surface area contributed by atoms with E-state index in [1.165, 1.54) is 12.1 Å². The number of hydrazine groups is 1. The Hall–Kier alpha value is -1.62. The molecule has 5 nitrogen and oxygen atoms in total. The van der Waals surface area contributed by atoms with Gasteiger partial charge in [0, 0.05) is 12.1 Å². The Morgan fingerprint density at radius 1 is 1.54 bits per heavy atom. The number of fused-ring (bicyclic) bond motifs is 1. The van der Waals surface area contributed by atoms with Gasteiger partial charge in [-0.2, -0.15) is 0 Å². The van der Waals surface area contributed by atoms with Crippen LogP contribution in [0.15, 0.2) is 18.2 Å². The molecule has 2 N–H and O–H groups in total. The van der Waals surface area contributed by atoms with Crippen molar-refractivity contribution in [3.8, 4) is 0 Å². The normalized spacial score (nSPS) is 19.3. The lowest BCUT2D eigenvalue weighted by atomic mass is 10.1. The van der Waals surface area contributed by atoms with E-state index in [2.05, 4.69) is 10.9 Å². The zero-order valence-corrected chi connectivity index (χ0v) is 7.07. The van der Waals surface area contributed by atoms with Crippen LogP contribution >= 0.6 is 0 Å². The van der Waals surface area contributed by atoms with Crippen LogP contribution in [0.1, 0.15) is 18.5 Å². The van der Waals surface area contributed by atoms with Gasteiger partial charge in [-0.05, 0) is 18.6 Å². The number of non-ortho nitro benzene ring substituents is 1. The summed E-state index contributed by atoms with van der Waals surface area (Å²) in [5.74, 6) is 0. The third-order valence-corrected chi connectivity index (χ3v) is 2.14. The summed E-state index contributed by atoms with van der Waals surface area (Å²) in [6.07, 6.45) is 0. The molecule has 1 heterocycles. The predicted octanol–water partition coefficient (Wildman–Crippen LogP) is 1.59. The van der Waals surface area contributed by atoms with E-state index >= 15 is 0 Å². The van der Waals surface area contributed by atoms with Gasteiger partial charge < -0.3 is 5.43 Å². The highest BCUT2D eigenvalue weighted by molar-refractivity contribution is 5.60. The molecule has 1 aliphatic rings. The van der Waals surface area contributed by atoms with Gasteiger partial charge in [0.05, 0.1) is 16.7 Å². The van der Waals surface area contributed by atoms with Crippen LogP contribution in [0.25, 0.3) is 0 Å². The van der Waals surface area contributed by atoms with Crippen LogP contribution in [0.2, 0.25) is 0 Å². The second-order valence-corrected chi connectivity index (χ2v) is 3.02. The van der Waals surface area contributed by atoms with Crippen LogP contribution in [0.3, 0.4) is 0 Å². The molecule has 0 fully saturated rings. The number of nitrogens with zero attached hydrogens (tertiary/aromatic N) is 1. The fourth-order valence-corrected chi connectivity index (χ4v) is 1.41. The second-order valence-electron chi connectivity index (χ2n) is 3.02. The minimum atomic E-state index is -0.398. The molecule has 0 aromatic heterocycles. The largest absolute Gasteiger partial charge is 0.320 e. The number of nitro benzene ring substituents is 1. The van der Waals surface area contributed by atoms with Crippen LogP contribution in [-0.4, -0.2) is 4.92 Å². The number of anilines is 1. The van der Waals surface area contributed by atoms with Crippen molar-refractivity contribution in [1.82, 2.24) is 5.43 Å². The first kappa shape index (κ1) is 8.00. The smallest absolute Gasteiger partial charge is 0.271 e. The maximum absolute atomic E-state index is 10.4. The molecule has 0 spiro atoms. The first-order chi connectivity index (χ1) is 6.18. The first-order valence-electron chi connectivity index (χ1n) is 3.98. The van der Waals surface area contributed by atoms with Gasteiger partial charge in [0.15, 0.2) is 0 Å². The Kier molecular flexibility index (Phi) is 1.66. The Morgan fingerprint density at radius 2 is 2.31 bits per heavy atom. The Morgan fingerprint density at radius 3 is 3.00 bits per heavy atom. The topological polar surface area (TPSA) is 67.2 Å². The number of hydrogen-bond donors (Lipinski definition) is 2. The molecule has 0 aliphatic carbocycles. The summed E-state index contributed by atoms with van der Waals surface area (Å²) >= 11 is 0. The lowest BCUT2D eigenvalue weighted by molar-refractivity contribution is -0.384. The Labute approximate surface area is 74.9 Å². The number of nitrogens with one attached hydrogen (secondary N) is 2. The van der Waals surface area contributed by atoms with Crippen LogP contribution < -0.4 is 10.9 Å². The fourth-order valence-electron chi connectivity index (χ4n) is 1.41. The molecule has 0 radical (unpaired) electrons. The number of nitro groups is 1. The molecule has 1 atom stereocenters. The van der Waals surface area contributed by atoms with Gasteiger partial charge in [0.2, 0.25) is 0 Å². The molecule has 0 amide bonds. The van der Waals surface area contributed by atoms with E-state index in [-0.39, 0.29) is 11.7 Å². The summed E-state index contributed by atoms with van der Waals surface area (Å²) < 4.78 is 0. The van der Waals surface area contributed by atoms with Crippen molar-refractivity contribution in [3.63, 3.8) is 0 Å². The first-order valence-corrected chi connectivity index (χ1v) is 3.98. The number of rotatable bonds is 1. The van der Waals surface area contributed by atoms with Gasteiger partial charge >= 0.3 is 0 Å². The van der Waals surface area contributed by atoms with E-state index in [0.29, 0.717) is 0 Å². The molecule has 13 heavy (non-hydrogen) atoms. The van der Waals surface area contributed by atoms with Gasteiger partial charge in [-0.3, -0.25) is 10.1 Å². The zero-order chi connectivity index (χ0) is 9.42. The minimum Gasteiger partial charge on any atom is -0.320 e. The van der Waals surface area contributed by atoms with Crippen molar-refractivity contribution in [2.75, 3.05) is 5.43 Å². The molecule has 0 saturated heterocycles. The third-order valence-electron chi connectivity index (χ3n) is 2.14. The quantitative estimate of drug-likeness (QED) is 0.507. The SMILES string of the molecule is CC1NNc2cc([N+](=O)[O-])ccc21. The summed E-state index contributed by atoms with van der Waals surface area (Å²) in [4.78, 5) is 10.0. The number of benzene rings is 1. The monoisotopic (exact) mass is 179 g/mol. The summed E-state index contributed by atoms with van der Waals surface area (Å²) in [5, 5.41) is 10.4. The highest BCUT2D eigenvalue weighted by Gasteiger charge is 2.19. The lowest BCUT2D eigenvalue weighted by Crippen LogP contribution is -2.15. The number of hydrogen-bond acceptors (Lipinski definition) is 4. The maximum Gasteiger partial charge on any atom is 0.271 e.